The van der Waals surface area contributed by atoms with Crippen LogP contribution in [0.3, 0.4) is 0 Å². The molecule has 1 unspecified atom stereocenters. The van der Waals surface area contributed by atoms with E-state index in [9.17, 15) is 4.79 Å². The lowest BCUT2D eigenvalue weighted by Gasteiger charge is -2.15. The normalized spacial score (nSPS) is 12.2. The van der Waals surface area contributed by atoms with Gasteiger partial charge >= 0.3 is 5.97 Å². The highest BCUT2D eigenvalue weighted by Gasteiger charge is 2.13. The van der Waals surface area contributed by atoms with E-state index in [0.29, 0.717) is 5.75 Å². The third kappa shape index (κ3) is 6.47. The molecule has 1 aromatic carbocycles. The van der Waals surface area contributed by atoms with Crippen LogP contribution in [-0.4, -0.2) is 5.97 Å². The van der Waals surface area contributed by atoms with Crippen LogP contribution >= 0.6 is 12.6 Å². The molecule has 1 aromatic rings. The van der Waals surface area contributed by atoms with E-state index >= 15 is 0 Å². The van der Waals surface area contributed by atoms with Crippen molar-refractivity contribution in [3.8, 4) is 5.75 Å². The molecule has 0 saturated carbocycles. The molecule has 3 heteroatoms. The number of rotatable bonds is 9. The monoisotopic (exact) mass is 294 g/mol. The van der Waals surface area contributed by atoms with E-state index in [2.05, 4.69) is 19.6 Å². The topological polar surface area (TPSA) is 26.3 Å². The largest absolute Gasteiger partial charge is 0.426 e. The van der Waals surface area contributed by atoms with Gasteiger partial charge in [0.25, 0.3) is 0 Å². The highest BCUT2D eigenvalue weighted by Crippen LogP contribution is 2.33. The maximum atomic E-state index is 11.1. The summed E-state index contributed by atoms with van der Waals surface area (Å²) in [4.78, 5) is 11.1. The van der Waals surface area contributed by atoms with E-state index in [1.54, 1.807) is 0 Å². The Balaban J connectivity index is 2.42. The van der Waals surface area contributed by atoms with Gasteiger partial charge in [-0.3, -0.25) is 4.79 Å². The van der Waals surface area contributed by atoms with Gasteiger partial charge in [-0.05, 0) is 12.5 Å². The highest BCUT2D eigenvalue weighted by molar-refractivity contribution is 7.80. The van der Waals surface area contributed by atoms with Crippen LogP contribution in [0.25, 0.3) is 0 Å². The average Bonchev–Trinajstić information content (AvgIpc) is 2.42. The minimum atomic E-state index is -0.280. The van der Waals surface area contributed by atoms with E-state index < -0.39 is 0 Å². The summed E-state index contributed by atoms with van der Waals surface area (Å²) >= 11 is 4.66. The maximum absolute atomic E-state index is 11.1. The van der Waals surface area contributed by atoms with Crippen molar-refractivity contribution in [1.29, 1.82) is 0 Å². The van der Waals surface area contributed by atoms with Gasteiger partial charge in [0.05, 0.1) is 0 Å². The highest BCUT2D eigenvalue weighted by atomic mass is 32.1. The fraction of sp³-hybridized carbons (Fsp3) is 0.588. The van der Waals surface area contributed by atoms with Gasteiger partial charge in [-0.2, -0.15) is 12.6 Å². The first kappa shape index (κ1) is 17.1. The van der Waals surface area contributed by atoms with Crippen molar-refractivity contribution in [2.75, 3.05) is 0 Å². The van der Waals surface area contributed by atoms with Crippen molar-refractivity contribution in [3.05, 3.63) is 29.8 Å². The van der Waals surface area contributed by atoms with Crippen molar-refractivity contribution in [1.82, 2.24) is 0 Å². The van der Waals surface area contributed by atoms with Crippen LogP contribution < -0.4 is 4.74 Å². The first-order valence-electron chi connectivity index (χ1n) is 7.60. The standard InChI is InChI=1S/C17H26O2S/c1-3-4-5-6-7-8-13-17(20)15-11-9-10-12-16(15)19-14(2)18/h9-12,17,20H,3-8,13H2,1-2H3. The molecule has 0 fully saturated rings. The molecule has 0 spiro atoms. The van der Waals surface area contributed by atoms with Gasteiger partial charge in [-0.25, -0.2) is 0 Å². The van der Waals surface area contributed by atoms with Gasteiger partial charge in [0.15, 0.2) is 0 Å². The minimum Gasteiger partial charge on any atom is -0.426 e. The van der Waals surface area contributed by atoms with Crippen LogP contribution in [-0.2, 0) is 4.79 Å². The lowest BCUT2D eigenvalue weighted by Crippen LogP contribution is -2.05. The molecule has 20 heavy (non-hydrogen) atoms. The molecule has 0 N–H and O–H groups in total. The molecule has 1 atom stereocenters. The first-order valence-corrected chi connectivity index (χ1v) is 8.12. The van der Waals surface area contributed by atoms with Gasteiger partial charge in [0.1, 0.15) is 5.75 Å². The molecule has 0 amide bonds. The Bertz CT molecular complexity index is 404. The summed E-state index contributed by atoms with van der Waals surface area (Å²) < 4.78 is 5.24. The van der Waals surface area contributed by atoms with Crippen molar-refractivity contribution >= 4 is 18.6 Å². The van der Waals surface area contributed by atoms with Crippen LogP contribution in [0, 0.1) is 0 Å². The smallest absolute Gasteiger partial charge is 0.308 e. The molecule has 1 rings (SSSR count). The molecule has 0 aliphatic heterocycles. The molecule has 0 aliphatic carbocycles. The van der Waals surface area contributed by atoms with Crippen LogP contribution in [0.1, 0.15) is 69.6 Å². The van der Waals surface area contributed by atoms with E-state index in [-0.39, 0.29) is 11.2 Å². The lowest BCUT2D eigenvalue weighted by molar-refractivity contribution is -0.131. The zero-order chi connectivity index (χ0) is 14.8. The Labute approximate surface area is 128 Å². The zero-order valence-corrected chi connectivity index (χ0v) is 13.5. The van der Waals surface area contributed by atoms with Crippen LogP contribution in [0.4, 0.5) is 0 Å². The number of benzene rings is 1. The Morgan fingerprint density at radius 3 is 2.50 bits per heavy atom. The fourth-order valence-electron chi connectivity index (χ4n) is 2.28. The third-order valence-electron chi connectivity index (χ3n) is 3.36. The molecule has 0 radical (unpaired) electrons. The van der Waals surface area contributed by atoms with Crippen LogP contribution in [0.2, 0.25) is 0 Å². The van der Waals surface area contributed by atoms with Gasteiger partial charge in [0.2, 0.25) is 0 Å². The summed E-state index contributed by atoms with van der Waals surface area (Å²) in [6.07, 6.45) is 8.70. The number of carbonyl (C=O) groups is 1. The number of ether oxygens (including phenoxy) is 1. The number of hydrogen-bond acceptors (Lipinski definition) is 3. The van der Waals surface area contributed by atoms with Crippen LogP contribution in [0.15, 0.2) is 24.3 Å². The molecule has 0 saturated heterocycles. The van der Waals surface area contributed by atoms with E-state index in [1.807, 2.05) is 24.3 Å². The van der Waals surface area contributed by atoms with Crippen LogP contribution in [0.5, 0.6) is 5.75 Å². The third-order valence-corrected chi connectivity index (χ3v) is 3.90. The number of para-hydroxylation sites is 1. The van der Waals surface area contributed by atoms with Crippen molar-refractivity contribution in [2.45, 2.75) is 64.0 Å². The van der Waals surface area contributed by atoms with Crippen molar-refractivity contribution in [3.63, 3.8) is 0 Å². The van der Waals surface area contributed by atoms with E-state index in [0.717, 1.165) is 12.0 Å². The van der Waals surface area contributed by atoms with Gasteiger partial charge in [-0.1, -0.05) is 63.6 Å². The van der Waals surface area contributed by atoms with Gasteiger partial charge in [-0.15, -0.1) is 0 Å². The summed E-state index contributed by atoms with van der Waals surface area (Å²) in [7, 11) is 0. The number of unbranched alkanes of at least 4 members (excludes halogenated alkanes) is 5. The first-order chi connectivity index (χ1) is 9.65. The second-order valence-corrected chi connectivity index (χ2v) is 5.83. The van der Waals surface area contributed by atoms with E-state index in [4.69, 9.17) is 4.74 Å². The molecular weight excluding hydrogens is 268 g/mol. The Hall–Kier alpha value is -0.960. The van der Waals surface area contributed by atoms with Crippen molar-refractivity contribution in [2.24, 2.45) is 0 Å². The molecule has 0 bridgehead atoms. The molecule has 0 heterocycles. The summed E-state index contributed by atoms with van der Waals surface area (Å²) in [5.74, 6) is 0.364. The average molecular weight is 294 g/mol. The minimum absolute atomic E-state index is 0.136. The summed E-state index contributed by atoms with van der Waals surface area (Å²) in [6, 6.07) is 7.67. The quantitative estimate of drug-likeness (QED) is 0.288. The maximum Gasteiger partial charge on any atom is 0.308 e. The van der Waals surface area contributed by atoms with Crippen molar-refractivity contribution < 1.29 is 9.53 Å². The number of thiol groups is 1. The Kier molecular flexibility index (Phi) is 8.43. The van der Waals surface area contributed by atoms with Gasteiger partial charge in [0, 0.05) is 17.7 Å². The lowest BCUT2D eigenvalue weighted by atomic mass is 10.0. The number of hydrogen-bond donors (Lipinski definition) is 1. The Morgan fingerprint density at radius 1 is 1.15 bits per heavy atom. The van der Waals surface area contributed by atoms with Gasteiger partial charge < -0.3 is 4.74 Å². The molecule has 2 nitrogen and oxygen atoms in total. The zero-order valence-electron chi connectivity index (χ0n) is 12.6. The number of esters is 1. The molecular formula is C17H26O2S. The predicted octanol–water partition coefficient (Wildman–Crippen LogP) is 5.33. The SMILES string of the molecule is CCCCCCCCC(S)c1ccccc1OC(C)=O. The number of carbonyl (C=O) groups excluding carboxylic acids is 1. The summed E-state index contributed by atoms with van der Waals surface area (Å²) in [5.41, 5.74) is 1.01. The Morgan fingerprint density at radius 2 is 1.80 bits per heavy atom. The summed E-state index contributed by atoms with van der Waals surface area (Å²) in [5, 5.41) is 0.136. The van der Waals surface area contributed by atoms with E-state index in [1.165, 1.54) is 45.4 Å². The molecule has 112 valence electrons. The second-order valence-electron chi connectivity index (χ2n) is 5.20. The predicted molar refractivity (Wildman–Crippen MR) is 87.5 cm³/mol. The fourth-order valence-corrected chi connectivity index (χ4v) is 2.67. The molecule has 0 aromatic heterocycles. The second kappa shape index (κ2) is 9.87. The molecule has 0 aliphatic rings. The summed E-state index contributed by atoms with van der Waals surface area (Å²) in [6.45, 7) is 3.66.